The maximum absolute atomic E-state index is 13.1. The normalized spacial score (nSPS) is 16.5. The summed E-state index contributed by atoms with van der Waals surface area (Å²) in [5.74, 6) is 1.60. The van der Waals surface area contributed by atoms with Crippen LogP contribution in [0.4, 0.5) is 0 Å². The summed E-state index contributed by atoms with van der Waals surface area (Å²) in [5, 5.41) is 13.8. The van der Waals surface area contributed by atoms with Gasteiger partial charge in [-0.1, -0.05) is 30.7 Å². The molecule has 2 aromatic heterocycles. The van der Waals surface area contributed by atoms with Gasteiger partial charge in [-0.2, -0.15) is 0 Å². The van der Waals surface area contributed by atoms with E-state index < -0.39 is 0 Å². The van der Waals surface area contributed by atoms with E-state index in [1.165, 1.54) is 0 Å². The van der Waals surface area contributed by atoms with Gasteiger partial charge < -0.3 is 14.5 Å². The highest BCUT2D eigenvalue weighted by molar-refractivity contribution is 5.79. The fraction of sp³-hybridized carbons (Fsp3) is 0.429. The molecule has 3 heterocycles. The third kappa shape index (κ3) is 5.73. The summed E-state index contributed by atoms with van der Waals surface area (Å²) in [7, 11) is 1.66. The topological polar surface area (TPSA) is 98.2 Å². The SMILES string of the molecule is CCC(c1nnnn1CC1CCCO1)N(Cc1ccc(OC)cc1)Cc1cc2cc(C)ccc2[nH]c1=O. The molecule has 9 nitrogen and oxygen atoms in total. The van der Waals surface area contributed by atoms with Gasteiger partial charge in [-0.05, 0) is 77.9 Å². The van der Waals surface area contributed by atoms with Gasteiger partial charge in [0, 0.05) is 30.8 Å². The zero-order valence-electron chi connectivity index (χ0n) is 21.7. The number of nitrogens with one attached hydrogen (secondary N) is 1. The first-order valence-corrected chi connectivity index (χ1v) is 12.9. The number of ether oxygens (including phenoxy) is 2. The fourth-order valence-electron chi connectivity index (χ4n) is 5.11. The van der Waals surface area contributed by atoms with E-state index in [1.54, 1.807) is 7.11 Å². The Morgan fingerprint density at radius 1 is 1.19 bits per heavy atom. The van der Waals surface area contributed by atoms with E-state index in [2.05, 4.69) is 57.5 Å². The van der Waals surface area contributed by atoms with E-state index in [9.17, 15) is 4.79 Å². The van der Waals surface area contributed by atoms with Crippen molar-refractivity contribution in [1.82, 2.24) is 30.1 Å². The molecule has 0 spiro atoms. The summed E-state index contributed by atoms with van der Waals surface area (Å²) in [6.07, 6.45) is 2.98. The maximum Gasteiger partial charge on any atom is 0.252 e. The Balaban J connectivity index is 1.50. The predicted octanol–water partition coefficient (Wildman–Crippen LogP) is 4.16. The molecule has 1 aliphatic rings. The minimum Gasteiger partial charge on any atom is -0.497 e. The summed E-state index contributed by atoms with van der Waals surface area (Å²) in [6, 6.07) is 16.0. The van der Waals surface area contributed by atoms with Crippen LogP contribution in [0.25, 0.3) is 10.9 Å². The first-order chi connectivity index (χ1) is 18.0. The Hall–Kier alpha value is -3.56. The van der Waals surface area contributed by atoms with Gasteiger partial charge in [0.25, 0.3) is 5.56 Å². The van der Waals surface area contributed by atoms with Crippen LogP contribution in [-0.4, -0.2) is 49.9 Å². The third-order valence-electron chi connectivity index (χ3n) is 7.08. The molecule has 9 heteroatoms. The van der Waals surface area contributed by atoms with Gasteiger partial charge in [0.1, 0.15) is 5.75 Å². The zero-order chi connectivity index (χ0) is 25.8. The van der Waals surface area contributed by atoms with Crippen LogP contribution in [0.15, 0.2) is 53.3 Å². The molecular weight excluding hydrogens is 468 g/mol. The summed E-state index contributed by atoms with van der Waals surface area (Å²) < 4.78 is 13.1. The minimum absolute atomic E-state index is 0.0788. The van der Waals surface area contributed by atoms with Gasteiger partial charge >= 0.3 is 0 Å². The highest BCUT2D eigenvalue weighted by Crippen LogP contribution is 2.28. The molecule has 1 saturated heterocycles. The van der Waals surface area contributed by atoms with E-state index in [0.717, 1.165) is 59.5 Å². The lowest BCUT2D eigenvalue weighted by atomic mass is 10.1. The molecule has 194 valence electrons. The summed E-state index contributed by atoms with van der Waals surface area (Å²) in [6.45, 7) is 6.68. The van der Waals surface area contributed by atoms with Crippen LogP contribution < -0.4 is 10.3 Å². The summed E-state index contributed by atoms with van der Waals surface area (Å²) in [5.41, 5.74) is 3.74. The Labute approximate surface area is 216 Å². The second-order valence-electron chi connectivity index (χ2n) is 9.75. The lowest BCUT2D eigenvalue weighted by molar-refractivity contribution is 0.0888. The number of fused-ring (bicyclic) bond motifs is 1. The van der Waals surface area contributed by atoms with Crippen molar-refractivity contribution >= 4 is 10.9 Å². The number of nitrogens with zero attached hydrogens (tertiary/aromatic N) is 5. The number of aromatic nitrogens is 5. The molecule has 0 amide bonds. The van der Waals surface area contributed by atoms with E-state index in [4.69, 9.17) is 9.47 Å². The van der Waals surface area contributed by atoms with E-state index in [-0.39, 0.29) is 17.7 Å². The molecule has 5 rings (SSSR count). The largest absolute Gasteiger partial charge is 0.497 e. The van der Waals surface area contributed by atoms with E-state index in [0.29, 0.717) is 25.2 Å². The number of H-pyrrole nitrogens is 1. The lowest BCUT2D eigenvalue weighted by Crippen LogP contribution is -2.33. The Kier molecular flexibility index (Phi) is 7.62. The number of aromatic amines is 1. The summed E-state index contributed by atoms with van der Waals surface area (Å²) >= 11 is 0. The molecule has 1 N–H and O–H groups in total. The first kappa shape index (κ1) is 25.1. The summed E-state index contributed by atoms with van der Waals surface area (Å²) in [4.78, 5) is 18.5. The van der Waals surface area contributed by atoms with Crippen molar-refractivity contribution in [3.63, 3.8) is 0 Å². The maximum atomic E-state index is 13.1. The van der Waals surface area contributed by atoms with Gasteiger partial charge in [-0.15, -0.1) is 5.10 Å². The van der Waals surface area contributed by atoms with Crippen molar-refractivity contribution in [2.24, 2.45) is 0 Å². The second kappa shape index (κ2) is 11.2. The molecule has 4 aromatic rings. The van der Waals surface area contributed by atoms with Gasteiger partial charge in [-0.3, -0.25) is 9.69 Å². The molecule has 0 saturated carbocycles. The van der Waals surface area contributed by atoms with Gasteiger partial charge in [-0.25, -0.2) is 4.68 Å². The molecular formula is C28H34N6O3. The van der Waals surface area contributed by atoms with Crippen LogP contribution >= 0.6 is 0 Å². The third-order valence-corrected chi connectivity index (χ3v) is 7.08. The van der Waals surface area contributed by atoms with Crippen molar-refractivity contribution in [2.75, 3.05) is 13.7 Å². The molecule has 2 aromatic carbocycles. The minimum atomic E-state index is -0.0916. The molecule has 0 bridgehead atoms. The monoisotopic (exact) mass is 502 g/mol. The van der Waals surface area contributed by atoms with Crippen LogP contribution in [0.5, 0.6) is 5.75 Å². The number of aryl methyl sites for hydroxylation is 1. The van der Waals surface area contributed by atoms with Crippen LogP contribution in [-0.2, 0) is 24.4 Å². The van der Waals surface area contributed by atoms with Crippen molar-refractivity contribution in [3.05, 3.63) is 81.4 Å². The van der Waals surface area contributed by atoms with Gasteiger partial charge in [0.05, 0.1) is 25.8 Å². The molecule has 2 atom stereocenters. The average Bonchev–Trinajstić information content (AvgIpc) is 3.58. The first-order valence-electron chi connectivity index (χ1n) is 12.9. The van der Waals surface area contributed by atoms with Crippen molar-refractivity contribution < 1.29 is 9.47 Å². The molecule has 0 aliphatic carbocycles. The van der Waals surface area contributed by atoms with Crippen molar-refractivity contribution in [1.29, 1.82) is 0 Å². The quantitative estimate of drug-likeness (QED) is 0.348. The number of hydrogen-bond donors (Lipinski definition) is 1. The highest BCUT2D eigenvalue weighted by Gasteiger charge is 2.28. The molecule has 1 aliphatic heterocycles. The zero-order valence-corrected chi connectivity index (χ0v) is 21.7. The van der Waals surface area contributed by atoms with Crippen LogP contribution in [0.1, 0.15) is 54.7 Å². The number of rotatable bonds is 10. The van der Waals surface area contributed by atoms with Gasteiger partial charge in [0.15, 0.2) is 5.82 Å². The van der Waals surface area contributed by atoms with Crippen LogP contribution in [0, 0.1) is 6.92 Å². The Morgan fingerprint density at radius 2 is 2.03 bits per heavy atom. The van der Waals surface area contributed by atoms with Crippen molar-refractivity contribution in [2.45, 2.75) is 64.9 Å². The lowest BCUT2D eigenvalue weighted by Gasteiger charge is -2.30. The number of pyridine rings is 1. The molecule has 37 heavy (non-hydrogen) atoms. The van der Waals surface area contributed by atoms with Crippen LogP contribution in [0.2, 0.25) is 0 Å². The smallest absolute Gasteiger partial charge is 0.252 e. The molecule has 0 radical (unpaired) electrons. The molecule has 2 unspecified atom stereocenters. The number of hydrogen-bond acceptors (Lipinski definition) is 7. The number of benzene rings is 2. The highest BCUT2D eigenvalue weighted by atomic mass is 16.5. The second-order valence-corrected chi connectivity index (χ2v) is 9.75. The molecule has 1 fully saturated rings. The van der Waals surface area contributed by atoms with Gasteiger partial charge in [0.2, 0.25) is 0 Å². The Bertz CT molecular complexity index is 1390. The number of tetrazole rings is 1. The van der Waals surface area contributed by atoms with Crippen molar-refractivity contribution in [3.8, 4) is 5.75 Å². The average molecular weight is 503 g/mol. The van der Waals surface area contributed by atoms with Crippen LogP contribution in [0.3, 0.4) is 0 Å². The Morgan fingerprint density at radius 3 is 2.76 bits per heavy atom. The fourth-order valence-corrected chi connectivity index (χ4v) is 5.11. The van der Waals surface area contributed by atoms with E-state index in [1.807, 2.05) is 35.0 Å². The predicted molar refractivity (Wildman–Crippen MR) is 141 cm³/mol. The number of methoxy groups -OCH3 is 1. The standard InChI is InChI=1S/C28H34N6O3/c1-4-26(27-30-31-32-34(27)18-24-6-5-13-37-24)33(16-20-8-10-23(36-3)11-9-20)17-22-15-21-14-19(2)7-12-25(21)29-28(22)35/h7-12,14-15,24,26H,4-6,13,16-18H2,1-3H3,(H,29,35). The van der Waals surface area contributed by atoms with E-state index >= 15 is 0 Å².